The second-order valence-corrected chi connectivity index (χ2v) is 10.2. The van der Waals surface area contributed by atoms with Crippen molar-refractivity contribution >= 4 is 28.5 Å². The average Bonchev–Trinajstić information content (AvgIpc) is 3.34. The molecule has 1 aromatic heterocycles. The van der Waals surface area contributed by atoms with Crippen LogP contribution in [0.5, 0.6) is 0 Å². The van der Waals surface area contributed by atoms with Gasteiger partial charge in [0.25, 0.3) is 11.7 Å². The third-order valence-electron chi connectivity index (χ3n) is 6.73. The van der Waals surface area contributed by atoms with Crippen molar-refractivity contribution in [2.75, 3.05) is 13.1 Å². The number of ketones is 1. The molecule has 2 atom stereocenters. The highest BCUT2D eigenvalue weighted by Gasteiger charge is 2.34. The van der Waals surface area contributed by atoms with Crippen LogP contribution in [0.25, 0.3) is 10.9 Å². The summed E-state index contributed by atoms with van der Waals surface area (Å²) >= 11 is 0. The maximum atomic E-state index is 13.1. The Morgan fingerprint density at radius 3 is 2.52 bits per heavy atom. The largest absolute Gasteiger partial charge is 0.346 e. The molecule has 1 aliphatic carbocycles. The summed E-state index contributed by atoms with van der Waals surface area (Å²) in [4.78, 5) is 40.5. The van der Waals surface area contributed by atoms with Crippen LogP contribution in [0, 0.1) is 11.3 Å². The first-order chi connectivity index (χ1) is 14.7. The fraction of sp³-hybridized carbons (Fsp3) is 0.560. The lowest BCUT2D eigenvalue weighted by Crippen LogP contribution is -2.45. The first-order valence-electron chi connectivity index (χ1n) is 11.4. The Morgan fingerprint density at radius 1 is 1.10 bits per heavy atom. The number of aromatic nitrogens is 1. The molecule has 0 unspecified atom stereocenters. The molecule has 2 fully saturated rings. The summed E-state index contributed by atoms with van der Waals surface area (Å²) in [6.45, 7) is 8.41. The molecular formula is C25H33N3O3. The summed E-state index contributed by atoms with van der Waals surface area (Å²) in [6.07, 6.45) is 6.66. The van der Waals surface area contributed by atoms with Gasteiger partial charge in [-0.1, -0.05) is 39.0 Å². The third-order valence-corrected chi connectivity index (χ3v) is 6.73. The molecule has 1 aromatic carbocycles. The van der Waals surface area contributed by atoms with Crippen molar-refractivity contribution in [3.63, 3.8) is 0 Å². The molecule has 1 N–H and O–H groups in total. The summed E-state index contributed by atoms with van der Waals surface area (Å²) in [5, 5.41) is 3.71. The van der Waals surface area contributed by atoms with Crippen LogP contribution >= 0.6 is 0 Å². The number of likely N-dealkylation sites (tertiary alicyclic amines) is 1. The van der Waals surface area contributed by atoms with Gasteiger partial charge in [0.1, 0.15) is 6.54 Å². The van der Waals surface area contributed by atoms with Gasteiger partial charge < -0.3 is 14.8 Å². The van der Waals surface area contributed by atoms with Crippen molar-refractivity contribution in [3.8, 4) is 0 Å². The van der Waals surface area contributed by atoms with E-state index in [1.807, 2.05) is 33.7 Å². The topological polar surface area (TPSA) is 71.4 Å². The lowest BCUT2D eigenvalue weighted by atomic mass is 9.70. The molecule has 0 radical (unpaired) electrons. The Labute approximate surface area is 184 Å². The van der Waals surface area contributed by atoms with Crippen LogP contribution in [0.2, 0.25) is 0 Å². The average molecular weight is 424 g/mol. The van der Waals surface area contributed by atoms with E-state index in [1.165, 1.54) is 0 Å². The molecule has 2 heterocycles. The van der Waals surface area contributed by atoms with Gasteiger partial charge >= 0.3 is 0 Å². The summed E-state index contributed by atoms with van der Waals surface area (Å²) in [6, 6.07) is 7.50. The maximum absolute atomic E-state index is 13.1. The number of Topliss-reactive ketones (excluding diaryl/α,β-unsaturated/α-hetero) is 1. The Hall–Kier alpha value is -2.63. The van der Waals surface area contributed by atoms with Crippen molar-refractivity contribution in [3.05, 3.63) is 36.0 Å². The van der Waals surface area contributed by atoms with Crippen LogP contribution in [-0.4, -0.2) is 46.2 Å². The molecule has 0 bridgehead atoms. The molecule has 4 rings (SSSR count). The number of fused-ring (bicyclic) bond motifs is 1. The Morgan fingerprint density at radius 2 is 1.81 bits per heavy atom. The smallest absolute Gasteiger partial charge is 0.292 e. The van der Waals surface area contributed by atoms with Gasteiger partial charge in [-0.25, -0.2) is 0 Å². The summed E-state index contributed by atoms with van der Waals surface area (Å²) in [7, 11) is 0. The standard InChI is InChI=1S/C25H33N3O3/c1-17-12-18(14-25(2,3)13-17)26-24(31)23(30)20-15-28(21-9-5-4-8-19(20)21)16-22(29)27-10-6-7-11-27/h4-5,8-9,15,17-18H,6-7,10-14,16H2,1-3H3,(H,26,31)/t17-,18-/m0/s1. The van der Waals surface area contributed by atoms with Crippen molar-refractivity contribution in [1.29, 1.82) is 0 Å². The van der Waals surface area contributed by atoms with Crippen LogP contribution < -0.4 is 5.32 Å². The number of carbonyl (C=O) groups excluding carboxylic acids is 3. The SMILES string of the molecule is C[C@H]1C[C@H](NC(=O)C(=O)c2cn(CC(=O)N3CCCC3)c3ccccc23)CC(C)(C)C1. The molecule has 1 saturated heterocycles. The number of hydrogen-bond donors (Lipinski definition) is 1. The van der Waals surface area contributed by atoms with Crippen molar-refractivity contribution in [1.82, 2.24) is 14.8 Å². The second kappa shape index (κ2) is 8.48. The number of carbonyl (C=O) groups is 3. The van der Waals surface area contributed by atoms with E-state index in [4.69, 9.17) is 0 Å². The fourth-order valence-corrected chi connectivity index (χ4v) is 5.60. The quantitative estimate of drug-likeness (QED) is 0.588. The monoisotopic (exact) mass is 423 g/mol. The van der Waals surface area contributed by atoms with E-state index < -0.39 is 11.7 Å². The lowest BCUT2D eigenvalue weighted by Gasteiger charge is -2.39. The highest BCUT2D eigenvalue weighted by atomic mass is 16.2. The maximum Gasteiger partial charge on any atom is 0.292 e. The third kappa shape index (κ3) is 4.68. The minimum absolute atomic E-state index is 0.0142. The zero-order valence-corrected chi connectivity index (χ0v) is 18.8. The van der Waals surface area contributed by atoms with Crippen LogP contribution in [0.3, 0.4) is 0 Å². The highest BCUT2D eigenvalue weighted by molar-refractivity contribution is 6.45. The van der Waals surface area contributed by atoms with E-state index >= 15 is 0 Å². The number of nitrogens with one attached hydrogen (secondary N) is 1. The molecule has 1 saturated carbocycles. The fourth-order valence-electron chi connectivity index (χ4n) is 5.60. The van der Waals surface area contributed by atoms with Crippen molar-refractivity contribution < 1.29 is 14.4 Å². The van der Waals surface area contributed by atoms with Gasteiger partial charge in [0, 0.05) is 36.2 Å². The van der Waals surface area contributed by atoms with Crippen molar-refractivity contribution in [2.24, 2.45) is 11.3 Å². The molecule has 6 heteroatoms. The van der Waals surface area contributed by atoms with E-state index in [9.17, 15) is 14.4 Å². The number of rotatable bonds is 5. The van der Waals surface area contributed by atoms with Gasteiger partial charge in [-0.3, -0.25) is 14.4 Å². The van der Waals surface area contributed by atoms with Gasteiger partial charge in [0.2, 0.25) is 5.91 Å². The lowest BCUT2D eigenvalue weighted by molar-refractivity contribution is -0.130. The van der Waals surface area contributed by atoms with Crippen LogP contribution in [-0.2, 0) is 16.1 Å². The van der Waals surface area contributed by atoms with Gasteiger partial charge in [0.05, 0.1) is 5.56 Å². The Kier molecular flexibility index (Phi) is 5.91. The molecule has 166 valence electrons. The van der Waals surface area contributed by atoms with Gasteiger partial charge in [0.15, 0.2) is 0 Å². The van der Waals surface area contributed by atoms with Crippen LogP contribution in [0.1, 0.15) is 63.2 Å². The summed E-state index contributed by atoms with van der Waals surface area (Å²) in [5.74, 6) is -0.508. The zero-order valence-electron chi connectivity index (χ0n) is 18.8. The van der Waals surface area contributed by atoms with Gasteiger partial charge in [-0.05, 0) is 49.5 Å². The molecule has 31 heavy (non-hydrogen) atoms. The Balaban J connectivity index is 1.53. The summed E-state index contributed by atoms with van der Waals surface area (Å²) < 4.78 is 1.81. The normalized spacial score (nSPS) is 23.1. The number of benzene rings is 1. The molecule has 2 amide bonds. The van der Waals surface area contributed by atoms with E-state index in [0.717, 1.165) is 50.7 Å². The predicted molar refractivity (Wildman–Crippen MR) is 121 cm³/mol. The van der Waals surface area contributed by atoms with Crippen LogP contribution in [0.4, 0.5) is 0 Å². The number of amides is 2. The summed E-state index contributed by atoms with van der Waals surface area (Å²) in [5.41, 5.74) is 1.33. The van der Waals surface area contributed by atoms with Gasteiger partial charge in [-0.2, -0.15) is 0 Å². The number of hydrogen-bond acceptors (Lipinski definition) is 3. The van der Waals surface area contributed by atoms with E-state index in [2.05, 4.69) is 26.1 Å². The number of nitrogens with zero attached hydrogens (tertiary/aromatic N) is 2. The first kappa shape index (κ1) is 21.6. The van der Waals surface area contributed by atoms with Crippen molar-refractivity contribution in [2.45, 2.75) is 65.5 Å². The van der Waals surface area contributed by atoms with E-state index in [1.54, 1.807) is 6.20 Å². The molecule has 0 spiro atoms. The minimum Gasteiger partial charge on any atom is -0.346 e. The minimum atomic E-state index is -0.552. The molecule has 2 aromatic rings. The predicted octanol–water partition coefficient (Wildman–Crippen LogP) is 3.78. The molecule has 2 aliphatic rings. The molecule has 1 aliphatic heterocycles. The molecular weight excluding hydrogens is 390 g/mol. The Bertz CT molecular complexity index is 1000. The number of para-hydroxylation sites is 1. The van der Waals surface area contributed by atoms with Crippen LogP contribution in [0.15, 0.2) is 30.5 Å². The van der Waals surface area contributed by atoms with E-state index in [-0.39, 0.29) is 23.9 Å². The van der Waals surface area contributed by atoms with Gasteiger partial charge in [-0.15, -0.1) is 0 Å². The first-order valence-corrected chi connectivity index (χ1v) is 11.4. The molecule has 6 nitrogen and oxygen atoms in total. The zero-order chi connectivity index (χ0) is 22.2. The second-order valence-electron chi connectivity index (χ2n) is 10.2. The highest BCUT2D eigenvalue weighted by Crippen LogP contribution is 2.38. The van der Waals surface area contributed by atoms with E-state index in [0.29, 0.717) is 16.9 Å².